The fraction of sp³-hybridized carbons (Fsp3) is 0.875. The molecule has 0 aromatic carbocycles. The number of carbonyl (C=O) groups is 2. The van der Waals surface area contributed by atoms with Gasteiger partial charge in [0.2, 0.25) is 5.91 Å². The molecule has 1 fully saturated rings. The van der Waals surface area contributed by atoms with Crippen LogP contribution in [-0.4, -0.2) is 34.5 Å². The Balaban J connectivity index is 0.00000484. The molecule has 2 N–H and O–H groups in total. The first kappa shape index (κ1) is 23.3. The molecule has 128 valence electrons. The van der Waals surface area contributed by atoms with Crippen molar-refractivity contribution in [2.24, 2.45) is 11.8 Å². The first-order chi connectivity index (χ1) is 10.5. The number of rotatable bonds is 10. The fourth-order valence-corrected chi connectivity index (χ4v) is 3.75. The minimum Gasteiger partial charge on any atom is -0.481 e. The summed E-state index contributed by atoms with van der Waals surface area (Å²) in [4.78, 5) is 22.7. The van der Waals surface area contributed by atoms with Crippen molar-refractivity contribution in [3.63, 3.8) is 0 Å². The molecule has 0 radical (unpaired) electrons. The smallest absolute Gasteiger partial charge is 0.481 e. The summed E-state index contributed by atoms with van der Waals surface area (Å²) >= 11 is 8.66. The van der Waals surface area contributed by atoms with E-state index in [4.69, 9.17) is 5.11 Å². The largest absolute Gasteiger partial charge is 2.00 e. The van der Waals surface area contributed by atoms with Crippen molar-refractivity contribution >= 4 is 37.1 Å². The van der Waals surface area contributed by atoms with E-state index in [-0.39, 0.29) is 31.3 Å². The minimum absolute atomic E-state index is 0. The molecule has 1 unspecified atom stereocenters. The van der Waals surface area contributed by atoms with Crippen molar-refractivity contribution < 1.29 is 34.2 Å². The molecule has 1 amide bonds. The Bertz CT molecular complexity index is 350. The van der Waals surface area contributed by atoms with Crippen molar-refractivity contribution in [2.45, 2.75) is 63.0 Å². The Labute approximate surface area is 163 Å². The molecule has 4 nitrogen and oxygen atoms in total. The maximum atomic E-state index is 11.8. The van der Waals surface area contributed by atoms with Crippen LogP contribution in [0.15, 0.2) is 0 Å². The first-order valence-electron chi connectivity index (χ1n) is 8.31. The molecular weight excluding hydrogens is 384 g/mol. The molecule has 1 aliphatic rings. The Morgan fingerprint density at radius 2 is 1.78 bits per heavy atom. The van der Waals surface area contributed by atoms with Crippen LogP contribution in [0.3, 0.4) is 0 Å². The Kier molecular flexibility index (Phi) is 13.7. The van der Waals surface area contributed by atoms with Gasteiger partial charge in [-0.2, -0.15) is 25.3 Å². The van der Waals surface area contributed by atoms with Crippen LogP contribution in [0.4, 0.5) is 0 Å². The first-order valence-corrected chi connectivity index (χ1v) is 9.46. The van der Waals surface area contributed by atoms with Crippen LogP contribution in [-0.2, 0) is 29.1 Å². The fourth-order valence-electron chi connectivity index (χ4n) is 2.92. The molecular formula is C16H29NO3S2Zn+2. The van der Waals surface area contributed by atoms with Gasteiger partial charge in [0.25, 0.3) is 0 Å². The van der Waals surface area contributed by atoms with Crippen LogP contribution in [0.2, 0.25) is 0 Å². The number of carboxylic acids is 1. The van der Waals surface area contributed by atoms with Crippen LogP contribution in [0.5, 0.6) is 0 Å². The molecule has 1 aliphatic carbocycles. The van der Waals surface area contributed by atoms with Gasteiger partial charge in [-0.1, -0.05) is 6.42 Å². The average Bonchev–Trinajstić information content (AvgIpc) is 2.50. The van der Waals surface area contributed by atoms with Gasteiger partial charge in [0.05, 0.1) is 5.92 Å². The van der Waals surface area contributed by atoms with E-state index in [0.29, 0.717) is 24.1 Å². The van der Waals surface area contributed by atoms with E-state index >= 15 is 0 Å². The van der Waals surface area contributed by atoms with Crippen LogP contribution < -0.4 is 5.32 Å². The van der Waals surface area contributed by atoms with Crippen LogP contribution >= 0.6 is 25.3 Å². The van der Waals surface area contributed by atoms with Gasteiger partial charge in [0.1, 0.15) is 0 Å². The number of amides is 1. The number of carbonyl (C=O) groups excluding carboxylic acids is 1. The molecule has 0 spiro atoms. The van der Waals surface area contributed by atoms with E-state index in [0.717, 1.165) is 57.1 Å². The summed E-state index contributed by atoms with van der Waals surface area (Å²) in [6.07, 6.45) is 7.85. The summed E-state index contributed by atoms with van der Waals surface area (Å²) in [5, 5.41) is 12.3. The summed E-state index contributed by atoms with van der Waals surface area (Å²) in [6.45, 7) is 0.694. The van der Waals surface area contributed by atoms with E-state index in [1.165, 1.54) is 0 Å². The zero-order valence-corrected chi connectivity index (χ0v) is 18.6. The normalized spacial score (nSPS) is 22.0. The van der Waals surface area contributed by atoms with Crippen LogP contribution in [0.25, 0.3) is 0 Å². The minimum atomic E-state index is -0.678. The molecule has 23 heavy (non-hydrogen) atoms. The predicted molar refractivity (Wildman–Crippen MR) is 95.8 cm³/mol. The molecule has 1 atom stereocenters. The Morgan fingerprint density at radius 3 is 2.35 bits per heavy atom. The number of carboxylic acid groups (broad SMARTS) is 1. The van der Waals surface area contributed by atoms with Gasteiger partial charge in [-0.25, -0.2) is 0 Å². The monoisotopic (exact) mass is 411 g/mol. The predicted octanol–water partition coefficient (Wildman–Crippen LogP) is 3.17. The average molecular weight is 413 g/mol. The van der Waals surface area contributed by atoms with E-state index in [9.17, 15) is 9.59 Å². The van der Waals surface area contributed by atoms with E-state index in [2.05, 4.69) is 30.6 Å². The van der Waals surface area contributed by atoms with Crippen molar-refractivity contribution in [2.75, 3.05) is 12.3 Å². The molecule has 0 saturated heterocycles. The summed E-state index contributed by atoms with van der Waals surface area (Å²) in [5.74, 6) is 0.557. The zero-order chi connectivity index (χ0) is 16.4. The molecule has 0 aliphatic heterocycles. The number of hydrogen-bond acceptors (Lipinski definition) is 4. The van der Waals surface area contributed by atoms with Crippen molar-refractivity contribution in [3.8, 4) is 0 Å². The van der Waals surface area contributed by atoms with Crippen LogP contribution in [0.1, 0.15) is 57.8 Å². The van der Waals surface area contributed by atoms with Gasteiger partial charge in [-0.15, -0.1) is 0 Å². The summed E-state index contributed by atoms with van der Waals surface area (Å²) in [6, 6.07) is 0. The number of hydrogen-bond donors (Lipinski definition) is 4. The SMILES string of the molecule is O=C(CCCCC(S)CCS)NCC1CCC(C(=O)O)CC1.[Zn+2]. The zero-order valence-electron chi connectivity index (χ0n) is 13.9. The molecule has 0 bridgehead atoms. The van der Waals surface area contributed by atoms with Gasteiger partial charge in [0.15, 0.2) is 0 Å². The van der Waals surface area contributed by atoms with E-state index < -0.39 is 5.97 Å². The molecule has 0 aromatic heterocycles. The second-order valence-corrected chi connectivity index (χ2v) is 7.45. The number of aliphatic carboxylic acids is 1. The third-order valence-electron chi connectivity index (χ3n) is 4.44. The van der Waals surface area contributed by atoms with Gasteiger partial charge in [-0.3, -0.25) is 9.59 Å². The molecule has 0 aromatic rings. The Morgan fingerprint density at radius 1 is 1.13 bits per heavy atom. The van der Waals surface area contributed by atoms with Gasteiger partial charge in [-0.05, 0) is 56.6 Å². The quantitative estimate of drug-likeness (QED) is 0.253. The third-order valence-corrected chi connectivity index (χ3v) is 5.21. The molecule has 0 heterocycles. The van der Waals surface area contributed by atoms with Crippen molar-refractivity contribution in [1.29, 1.82) is 0 Å². The number of unbranched alkanes of at least 4 members (excludes halogenated alkanes) is 1. The van der Waals surface area contributed by atoms with E-state index in [1.54, 1.807) is 0 Å². The summed E-state index contributed by atoms with van der Waals surface area (Å²) in [5.41, 5.74) is 0. The van der Waals surface area contributed by atoms with Gasteiger partial charge >= 0.3 is 25.4 Å². The summed E-state index contributed by atoms with van der Waals surface area (Å²) in [7, 11) is 0. The standard InChI is InChI=1S/C16H29NO3S2.Zn/c18-15(4-2-1-3-14(22)9-10-21)17-11-12-5-7-13(8-6-12)16(19)20;/h12-14,21-22H,1-11H2,(H,17,18)(H,19,20);/q;+2. The Hall–Kier alpha value is 0.263. The second-order valence-electron chi connectivity index (χ2n) is 6.27. The maximum Gasteiger partial charge on any atom is 2.00 e. The van der Waals surface area contributed by atoms with Gasteiger partial charge < -0.3 is 10.4 Å². The third kappa shape index (κ3) is 10.7. The second kappa shape index (κ2) is 13.5. The number of thiol groups is 2. The van der Waals surface area contributed by atoms with Gasteiger partial charge in [0, 0.05) is 18.2 Å². The molecule has 7 heteroatoms. The molecule has 1 rings (SSSR count). The number of nitrogens with one attached hydrogen (secondary N) is 1. The molecule has 1 saturated carbocycles. The summed E-state index contributed by atoms with van der Waals surface area (Å²) < 4.78 is 0. The van der Waals surface area contributed by atoms with Crippen LogP contribution in [0, 0.1) is 11.8 Å². The maximum absolute atomic E-state index is 11.8. The van der Waals surface area contributed by atoms with E-state index in [1.807, 2.05) is 0 Å². The van der Waals surface area contributed by atoms with Crippen molar-refractivity contribution in [1.82, 2.24) is 5.32 Å². The van der Waals surface area contributed by atoms with Crippen molar-refractivity contribution in [3.05, 3.63) is 0 Å². The topological polar surface area (TPSA) is 66.4 Å².